The van der Waals surface area contributed by atoms with E-state index in [1.54, 1.807) is 4.90 Å². The van der Waals surface area contributed by atoms with Gasteiger partial charge in [0.1, 0.15) is 0 Å². The van der Waals surface area contributed by atoms with Gasteiger partial charge < -0.3 is 10.2 Å². The fourth-order valence-corrected chi connectivity index (χ4v) is 8.97. The Morgan fingerprint density at radius 3 is 2.67 bits per heavy atom. The molecule has 0 radical (unpaired) electrons. The van der Waals surface area contributed by atoms with Gasteiger partial charge in [0.2, 0.25) is 0 Å². The fourth-order valence-electron chi connectivity index (χ4n) is 8.97. The summed E-state index contributed by atoms with van der Waals surface area (Å²) < 4.78 is 0. The van der Waals surface area contributed by atoms with Gasteiger partial charge in [-0.25, -0.2) is 4.79 Å². The Hall–Kier alpha value is -1.40. The van der Waals surface area contributed by atoms with Crippen molar-refractivity contribution in [3.05, 3.63) is 11.6 Å². The van der Waals surface area contributed by atoms with Crippen LogP contribution in [0.5, 0.6) is 0 Å². The molecule has 0 unspecified atom stereocenters. The van der Waals surface area contributed by atoms with Gasteiger partial charge in [-0.15, -0.1) is 12.4 Å². The summed E-state index contributed by atoms with van der Waals surface area (Å²) in [7, 11) is 1.81. The minimum atomic E-state index is -0.355. The molecule has 0 aromatic carbocycles. The number of halogens is 1. The molecule has 1 amide bonds. The molecule has 0 spiro atoms. The van der Waals surface area contributed by atoms with Crippen molar-refractivity contribution >= 4 is 30.0 Å². The Bertz CT molecular complexity index is 913. The predicted octanol–water partition coefficient (Wildman–Crippen LogP) is 6.14. The van der Waals surface area contributed by atoms with Crippen molar-refractivity contribution in [2.75, 3.05) is 20.1 Å². The second-order valence-electron chi connectivity index (χ2n) is 12.8. The van der Waals surface area contributed by atoms with Crippen LogP contribution < -0.4 is 5.32 Å². The quantitative estimate of drug-likeness (QED) is 0.275. The van der Waals surface area contributed by atoms with Crippen molar-refractivity contribution < 1.29 is 14.4 Å². The molecule has 0 bridgehead atoms. The lowest BCUT2D eigenvalue weighted by Crippen LogP contribution is -2.51. The first-order chi connectivity index (χ1) is 16.7. The van der Waals surface area contributed by atoms with Crippen LogP contribution in [0.4, 0.5) is 4.79 Å². The highest BCUT2D eigenvalue weighted by molar-refractivity contribution is 5.91. The lowest BCUT2D eigenvalue weighted by atomic mass is 9.46. The maximum Gasteiger partial charge on any atom is 0.435 e. The highest BCUT2D eigenvalue weighted by Gasteiger charge is 2.59. The zero-order valence-corrected chi connectivity index (χ0v) is 23.5. The number of hydrogen-bond acceptors (Lipinski definition) is 5. The SMILES string of the molecule is C/C(=N\OC(=O)N(C)C[C@@H]1CCCCN1)[C@H]1CC[C@H]2[C@@H]3CCC4=CC(=O)CC[C@]4(C)[C@H]3CC[C@]12C.Cl. The van der Waals surface area contributed by atoms with Gasteiger partial charge in [-0.2, -0.15) is 0 Å². The van der Waals surface area contributed by atoms with Crippen molar-refractivity contribution in [1.29, 1.82) is 0 Å². The first-order valence-corrected chi connectivity index (χ1v) is 14.2. The molecule has 7 atom stereocenters. The van der Waals surface area contributed by atoms with Crippen molar-refractivity contribution in [3.8, 4) is 0 Å². The third-order valence-corrected chi connectivity index (χ3v) is 11.0. The number of likely N-dealkylation sites (N-methyl/N-ethyl adjacent to an activating group) is 1. The molecule has 4 fully saturated rings. The van der Waals surface area contributed by atoms with E-state index in [0.717, 1.165) is 50.3 Å². The molecule has 6 nitrogen and oxygen atoms in total. The van der Waals surface area contributed by atoms with Gasteiger partial charge in [0, 0.05) is 32.0 Å². The van der Waals surface area contributed by atoms with Gasteiger partial charge >= 0.3 is 6.09 Å². The van der Waals surface area contributed by atoms with Crippen molar-refractivity contribution in [2.45, 2.75) is 97.4 Å². The lowest BCUT2D eigenvalue weighted by molar-refractivity contribution is -0.117. The highest BCUT2D eigenvalue weighted by Crippen LogP contribution is 2.66. The van der Waals surface area contributed by atoms with Crippen LogP contribution in [0.1, 0.15) is 91.4 Å². The van der Waals surface area contributed by atoms with Crippen LogP contribution in [0.3, 0.4) is 0 Å². The average molecular weight is 520 g/mol. The summed E-state index contributed by atoms with van der Waals surface area (Å²) in [6.45, 7) is 8.69. The van der Waals surface area contributed by atoms with Crippen LogP contribution in [-0.4, -0.2) is 48.7 Å². The molecule has 3 saturated carbocycles. The summed E-state index contributed by atoms with van der Waals surface area (Å²) in [6.07, 6.45) is 14.1. The Morgan fingerprint density at radius 1 is 1.11 bits per heavy atom. The maximum absolute atomic E-state index is 12.6. The molecule has 4 aliphatic carbocycles. The number of hydrogen-bond donors (Lipinski definition) is 1. The van der Waals surface area contributed by atoms with Gasteiger partial charge in [-0.3, -0.25) is 9.63 Å². The van der Waals surface area contributed by atoms with Gasteiger partial charge in [0.05, 0.1) is 5.71 Å². The Balaban J connectivity index is 0.00000304. The zero-order chi connectivity index (χ0) is 24.8. The van der Waals surface area contributed by atoms with E-state index in [9.17, 15) is 9.59 Å². The van der Waals surface area contributed by atoms with Crippen molar-refractivity contribution in [3.63, 3.8) is 0 Å². The monoisotopic (exact) mass is 519 g/mol. The summed E-state index contributed by atoms with van der Waals surface area (Å²) in [5.41, 5.74) is 2.86. The largest absolute Gasteiger partial charge is 0.435 e. The molecule has 1 aliphatic heterocycles. The molecular weight excluding hydrogens is 474 g/mol. The van der Waals surface area contributed by atoms with Crippen LogP contribution in [0.15, 0.2) is 16.8 Å². The summed E-state index contributed by atoms with van der Waals surface area (Å²) >= 11 is 0. The molecule has 1 heterocycles. The average Bonchev–Trinajstić information content (AvgIpc) is 3.20. The number of allylic oxidation sites excluding steroid dienone is 1. The topological polar surface area (TPSA) is 71.0 Å². The second-order valence-corrected chi connectivity index (χ2v) is 12.8. The molecule has 1 N–H and O–H groups in total. The smallest absolute Gasteiger partial charge is 0.312 e. The number of oxime groups is 1. The lowest BCUT2D eigenvalue weighted by Gasteiger charge is -2.58. The van der Waals surface area contributed by atoms with Gasteiger partial charge in [-0.05, 0) is 106 Å². The molecule has 202 valence electrons. The van der Waals surface area contributed by atoms with E-state index in [4.69, 9.17) is 4.84 Å². The molecule has 0 aromatic rings. The molecule has 36 heavy (non-hydrogen) atoms. The van der Waals surface area contributed by atoms with Crippen molar-refractivity contribution in [1.82, 2.24) is 10.2 Å². The van der Waals surface area contributed by atoms with E-state index in [2.05, 4.69) is 31.2 Å². The number of carbonyl (C=O) groups excluding carboxylic acids is 2. The summed E-state index contributed by atoms with van der Waals surface area (Å²) in [5.74, 6) is 2.84. The molecule has 0 aromatic heterocycles. The standard InChI is InChI=1S/C29H45N3O3.ClH/c1-19(31-35-27(34)32(4)18-21-7-5-6-16-30-21)24-10-11-25-23-9-8-20-17-22(33)12-14-28(20,2)26(23)13-15-29(24,25)3;/h17,21,23-26,30H,5-16,18H2,1-4H3;1H/b31-19+;/t21-,23-,24+,25-,26-,28-,29+;/m0./s1. The first kappa shape index (κ1) is 27.6. The third-order valence-electron chi connectivity index (χ3n) is 11.0. The summed E-state index contributed by atoms with van der Waals surface area (Å²) in [5, 5.41) is 7.90. The van der Waals surface area contributed by atoms with E-state index in [-0.39, 0.29) is 29.3 Å². The van der Waals surface area contributed by atoms with Crippen LogP contribution in [0.2, 0.25) is 0 Å². The van der Waals surface area contributed by atoms with Gasteiger partial charge in [0.25, 0.3) is 0 Å². The number of nitrogens with zero attached hydrogens (tertiary/aromatic N) is 2. The predicted molar refractivity (Wildman–Crippen MR) is 145 cm³/mol. The van der Waals surface area contributed by atoms with Crippen LogP contribution in [0, 0.1) is 34.5 Å². The minimum absolute atomic E-state index is 0. The van der Waals surface area contributed by atoms with E-state index in [0.29, 0.717) is 36.1 Å². The molecule has 1 saturated heterocycles. The highest BCUT2D eigenvalue weighted by atomic mass is 35.5. The van der Waals surface area contributed by atoms with E-state index in [1.807, 2.05) is 13.1 Å². The van der Waals surface area contributed by atoms with Crippen LogP contribution in [-0.2, 0) is 9.63 Å². The first-order valence-electron chi connectivity index (χ1n) is 14.2. The second kappa shape index (κ2) is 10.8. The minimum Gasteiger partial charge on any atom is -0.312 e. The van der Waals surface area contributed by atoms with Crippen LogP contribution >= 0.6 is 12.4 Å². The number of ketones is 1. The summed E-state index contributed by atoms with van der Waals surface area (Å²) in [6, 6.07) is 0.353. The van der Waals surface area contributed by atoms with Crippen molar-refractivity contribution in [2.24, 2.45) is 39.7 Å². The summed E-state index contributed by atoms with van der Waals surface area (Å²) in [4.78, 5) is 31.8. The number of nitrogens with one attached hydrogen (secondary N) is 1. The normalized spacial score (nSPS) is 40.2. The molecular formula is C29H46ClN3O3. The Labute approximate surface area is 223 Å². The van der Waals surface area contributed by atoms with Gasteiger partial charge in [0.15, 0.2) is 5.78 Å². The number of carbonyl (C=O) groups is 2. The number of amides is 1. The van der Waals surface area contributed by atoms with E-state index in [1.165, 1.54) is 44.1 Å². The number of rotatable bonds is 4. The Morgan fingerprint density at radius 2 is 1.92 bits per heavy atom. The molecule has 5 aliphatic rings. The molecule has 7 heteroatoms. The van der Waals surface area contributed by atoms with E-state index >= 15 is 0 Å². The maximum atomic E-state index is 12.6. The van der Waals surface area contributed by atoms with Crippen LogP contribution in [0.25, 0.3) is 0 Å². The Kier molecular flexibility index (Phi) is 8.26. The number of fused-ring (bicyclic) bond motifs is 5. The number of piperidine rings is 1. The molecule has 5 rings (SSSR count). The van der Waals surface area contributed by atoms with E-state index < -0.39 is 0 Å². The third kappa shape index (κ3) is 4.89. The zero-order valence-electron chi connectivity index (χ0n) is 22.7. The van der Waals surface area contributed by atoms with Gasteiger partial charge in [-0.1, -0.05) is 31.0 Å². The fraction of sp³-hybridized carbons (Fsp3) is 0.828.